The van der Waals surface area contributed by atoms with E-state index < -0.39 is 0 Å². The Morgan fingerprint density at radius 1 is 0.710 bits per heavy atom. The molecule has 2 atom stereocenters. The Labute approximate surface area is 188 Å². The monoisotopic (exact) mass is 434 g/mol. The summed E-state index contributed by atoms with van der Waals surface area (Å²) in [5, 5.41) is 2.46. The quantitative estimate of drug-likeness (QED) is 0.466. The van der Waals surface area contributed by atoms with Crippen molar-refractivity contribution in [2.24, 2.45) is 20.8 Å². The van der Waals surface area contributed by atoms with Gasteiger partial charge in [-0.3, -0.25) is 0 Å². The molecule has 0 spiro atoms. The van der Waals surface area contributed by atoms with Gasteiger partial charge in [-0.15, -0.1) is 11.3 Å². The molecule has 3 heterocycles. The zero-order valence-electron chi connectivity index (χ0n) is 19.2. The van der Waals surface area contributed by atoms with Crippen molar-refractivity contribution < 1.29 is 9.47 Å². The molecule has 1 aromatic heterocycles. The summed E-state index contributed by atoms with van der Waals surface area (Å²) in [6, 6.07) is 13.2. The molecule has 5 heteroatoms. The van der Waals surface area contributed by atoms with Crippen LogP contribution in [0.4, 0.5) is 0 Å². The summed E-state index contributed by atoms with van der Waals surface area (Å²) in [4.78, 5) is 9.88. The van der Waals surface area contributed by atoms with Crippen LogP contribution in [0.5, 0.6) is 0 Å². The van der Waals surface area contributed by atoms with Crippen molar-refractivity contribution in [2.45, 2.75) is 53.6 Å². The maximum absolute atomic E-state index is 6.07. The summed E-state index contributed by atoms with van der Waals surface area (Å²) >= 11 is 1.78. The van der Waals surface area contributed by atoms with Gasteiger partial charge in [0.2, 0.25) is 11.8 Å². The maximum Gasteiger partial charge on any atom is 0.218 e. The van der Waals surface area contributed by atoms with Crippen LogP contribution in [0.25, 0.3) is 20.2 Å². The summed E-state index contributed by atoms with van der Waals surface area (Å²) in [6.45, 7) is 14.6. The first-order valence-corrected chi connectivity index (χ1v) is 11.8. The predicted octanol–water partition coefficient (Wildman–Crippen LogP) is 6.44. The molecule has 5 rings (SSSR count). The van der Waals surface area contributed by atoms with Crippen LogP contribution >= 0.6 is 11.3 Å². The Morgan fingerprint density at radius 2 is 1.13 bits per heavy atom. The summed E-state index contributed by atoms with van der Waals surface area (Å²) in [5.74, 6) is 1.53. The molecule has 0 radical (unpaired) electrons. The van der Waals surface area contributed by atoms with Crippen LogP contribution in [0.15, 0.2) is 46.4 Å². The van der Waals surface area contributed by atoms with Crippen LogP contribution in [0.1, 0.15) is 52.7 Å². The first kappa shape index (κ1) is 20.5. The van der Waals surface area contributed by atoms with Gasteiger partial charge in [0.05, 0.1) is 23.2 Å². The van der Waals surface area contributed by atoms with E-state index in [1.807, 2.05) is 0 Å². The number of nitrogens with zero attached hydrogens (tertiary/aromatic N) is 2. The molecular weight excluding hydrogens is 404 g/mol. The summed E-state index contributed by atoms with van der Waals surface area (Å²) < 4.78 is 14.6. The topological polar surface area (TPSA) is 43.2 Å². The van der Waals surface area contributed by atoms with E-state index in [2.05, 4.69) is 77.9 Å². The lowest BCUT2D eigenvalue weighted by atomic mass is 9.88. The van der Waals surface area contributed by atoms with E-state index in [9.17, 15) is 0 Å². The molecule has 0 fully saturated rings. The van der Waals surface area contributed by atoms with E-state index in [1.165, 1.54) is 20.2 Å². The van der Waals surface area contributed by atoms with Gasteiger partial charge in [0.15, 0.2) is 0 Å². The van der Waals surface area contributed by atoms with E-state index >= 15 is 0 Å². The first-order chi connectivity index (χ1) is 14.6. The summed E-state index contributed by atoms with van der Waals surface area (Å²) in [6.07, 6.45) is 0. The summed E-state index contributed by atoms with van der Waals surface area (Å²) in [7, 11) is 0. The van der Waals surface area contributed by atoms with Crippen LogP contribution in [0.2, 0.25) is 0 Å². The van der Waals surface area contributed by atoms with Crippen molar-refractivity contribution in [1.29, 1.82) is 0 Å². The molecule has 0 aliphatic carbocycles. The lowest BCUT2D eigenvalue weighted by Crippen LogP contribution is -2.25. The zero-order valence-corrected chi connectivity index (χ0v) is 20.0. The highest BCUT2D eigenvalue weighted by atomic mass is 32.1. The highest BCUT2D eigenvalue weighted by Crippen LogP contribution is 2.40. The minimum atomic E-state index is 0.0878. The number of hydrogen-bond donors (Lipinski definition) is 0. The van der Waals surface area contributed by atoms with Gasteiger partial charge in [-0.05, 0) is 23.0 Å². The number of benzene rings is 2. The average Bonchev–Trinajstić information content (AvgIpc) is 3.43. The van der Waals surface area contributed by atoms with Gasteiger partial charge in [-0.2, -0.15) is 0 Å². The fraction of sp³-hybridized carbons (Fsp3) is 0.462. The Balaban J connectivity index is 1.64. The molecule has 0 unspecified atom stereocenters. The lowest BCUT2D eigenvalue weighted by molar-refractivity contribution is 0.235. The fourth-order valence-corrected chi connectivity index (χ4v) is 5.40. The van der Waals surface area contributed by atoms with Crippen molar-refractivity contribution in [1.82, 2.24) is 0 Å². The van der Waals surface area contributed by atoms with E-state index in [-0.39, 0.29) is 22.9 Å². The number of rotatable bonds is 2. The van der Waals surface area contributed by atoms with E-state index in [4.69, 9.17) is 19.5 Å². The SMILES string of the molecule is CC(C)(C)[C@H]1COC(c2cccc3c2sc2c(C4=N[C@@H](C(C)(C)C)CO4)cccc23)=N1. The van der Waals surface area contributed by atoms with Crippen LogP contribution in [0.3, 0.4) is 0 Å². The molecule has 4 nitrogen and oxygen atoms in total. The largest absolute Gasteiger partial charge is 0.475 e. The second-order valence-corrected chi connectivity index (χ2v) is 11.7. The molecule has 0 N–H and O–H groups in total. The Kier molecular flexibility index (Phi) is 4.67. The Hall–Kier alpha value is -2.40. The van der Waals surface area contributed by atoms with Gasteiger partial charge in [0.25, 0.3) is 0 Å². The van der Waals surface area contributed by atoms with Gasteiger partial charge < -0.3 is 9.47 Å². The van der Waals surface area contributed by atoms with Crippen molar-refractivity contribution in [3.8, 4) is 0 Å². The van der Waals surface area contributed by atoms with Crippen LogP contribution in [-0.4, -0.2) is 37.1 Å². The number of thiophene rings is 1. The molecule has 2 aliphatic rings. The molecule has 2 aliphatic heterocycles. The van der Waals surface area contributed by atoms with Gasteiger partial charge in [-0.25, -0.2) is 9.98 Å². The van der Waals surface area contributed by atoms with Crippen molar-refractivity contribution >= 4 is 43.3 Å². The molecule has 162 valence electrons. The highest BCUT2D eigenvalue weighted by Gasteiger charge is 2.33. The lowest BCUT2D eigenvalue weighted by Gasteiger charge is -2.21. The van der Waals surface area contributed by atoms with E-state index in [0.29, 0.717) is 13.2 Å². The average molecular weight is 435 g/mol. The van der Waals surface area contributed by atoms with E-state index in [1.54, 1.807) is 11.3 Å². The van der Waals surface area contributed by atoms with E-state index in [0.717, 1.165) is 22.9 Å². The van der Waals surface area contributed by atoms with Gasteiger partial charge in [0, 0.05) is 20.2 Å². The van der Waals surface area contributed by atoms with Gasteiger partial charge >= 0.3 is 0 Å². The molecule has 2 aromatic carbocycles. The molecule has 0 amide bonds. The van der Waals surface area contributed by atoms with Gasteiger partial charge in [0.1, 0.15) is 13.2 Å². The molecule has 3 aromatic rings. The van der Waals surface area contributed by atoms with Crippen LogP contribution in [0, 0.1) is 10.8 Å². The van der Waals surface area contributed by atoms with Crippen molar-refractivity contribution in [3.63, 3.8) is 0 Å². The third-order valence-electron chi connectivity index (χ3n) is 6.29. The number of ether oxygens (including phenoxy) is 2. The minimum absolute atomic E-state index is 0.0878. The first-order valence-electron chi connectivity index (χ1n) is 11.0. The Bertz CT molecular complexity index is 1130. The standard InChI is InChI=1S/C26H30N2O2S/c1-25(2,3)19-13-29-23(27-19)17-11-7-9-15-16-10-8-12-18(22(16)31-21(15)17)24-28-20(14-30-24)26(4,5)6/h7-12,19-20H,13-14H2,1-6H3/t19-,20-/m1/s1. The van der Waals surface area contributed by atoms with Crippen molar-refractivity contribution in [2.75, 3.05) is 13.2 Å². The summed E-state index contributed by atoms with van der Waals surface area (Å²) in [5.41, 5.74) is 2.34. The number of aliphatic imine (C=N–C) groups is 2. The predicted molar refractivity (Wildman–Crippen MR) is 131 cm³/mol. The third kappa shape index (κ3) is 3.53. The second kappa shape index (κ2) is 7.06. The molecule has 0 bridgehead atoms. The highest BCUT2D eigenvalue weighted by molar-refractivity contribution is 7.26. The third-order valence-corrected chi connectivity index (χ3v) is 7.57. The molecule has 31 heavy (non-hydrogen) atoms. The van der Waals surface area contributed by atoms with Crippen LogP contribution in [-0.2, 0) is 9.47 Å². The molecular formula is C26H30N2O2S. The number of fused-ring (bicyclic) bond motifs is 3. The second-order valence-electron chi connectivity index (χ2n) is 10.7. The zero-order chi connectivity index (χ0) is 22.0. The molecule has 0 saturated carbocycles. The van der Waals surface area contributed by atoms with Crippen LogP contribution < -0.4 is 0 Å². The number of hydrogen-bond acceptors (Lipinski definition) is 5. The Morgan fingerprint density at radius 3 is 1.48 bits per heavy atom. The maximum atomic E-state index is 6.07. The minimum Gasteiger partial charge on any atom is -0.475 e. The smallest absolute Gasteiger partial charge is 0.218 e. The fourth-order valence-electron chi connectivity index (χ4n) is 4.09. The normalized spacial score (nSPS) is 21.9. The molecule has 0 saturated heterocycles. The van der Waals surface area contributed by atoms with Gasteiger partial charge in [-0.1, -0.05) is 65.8 Å². The van der Waals surface area contributed by atoms with Crippen molar-refractivity contribution in [3.05, 3.63) is 47.5 Å².